The van der Waals surface area contributed by atoms with E-state index in [1.807, 2.05) is 26.8 Å². The molecule has 0 aliphatic heterocycles. The van der Waals surface area contributed by atoms with Gasteiger partial charge in [-0.1, -0.05) is 6.92 Å². The summed E-state index contributed by atoms with van der Waals surface area (Å²) in [4.78, 5) is 1.02. The van der Waals surface area contributed by atoms with Crippen molar-refractivity contribution in [3.63, 3.8) is 0 Å². The third kappa shape index (κ3) is 3.28. The van der Waals surface area contributed by atoms with E-state index in [1.165, 1.54) is 15.6 Å². The van der Waals surface area contributed by atoms with E-state index in [-0.39, 0.29) is 6.04 Å². The van der Waals surface area contributed by atoms with Gasteiger partial charge in [-0.05, 0) is 38.9 Å². The van der Waals surface area contributed by atoms with Crippen LogP contribution in [0.15, 0.2) is 16.3 Å². The highest BCUT2D eigenvalue weighted by Gasteiger charge is 2.26. The van der Waals surface area contributed by atoms with Gasteiger partial charge in [-0.15, -0.1) is 11.3 Å². The van der Waals surface area contributed by atoms with Crippen LogP contribution in [-0.2, 0) is 16.4 Å². The van der Waals surface area contributed by atoms with Crippen molar-refractivity contribution in [1.82, 2.24) is 4.31 Å². The van der Waals surface area contributed by atoms with Gasteiger partial charge in [0.25, 0.3) is 10.0 Å². The van der Waals surface area contributed by atoms with Crippen molar-refractivity contribution in [2.45, 2.75) is 37.4 Å². The molecule has 0 spiro atoms. The lowest BCUT2D eigenvalue weighted by molar-refractivity contribution is 0.370. The molecule has 0 unspecified atom stereocenters. The highest BCUT2D eigenvalue weighted by Crippen LogP contribution is 2.26. The molecule has 0 saturated heterocycles. The van der Waals surface area contributed by atoms with Crippen molar-refractivity contribution in [3.05, 3.63) is 17.0 Å². The number of rotatable bonds is 6. The molecule has 1 rings (SSSR count). The monoisotopic (exact) mass is 276 g/mol. The smallest absolute Gasteiger partial charge is 0.252 e. The van der Waals surface area contributed by atoms with Gasteiger partial charge in [-0.25, -0.2) is 8.42 Å². The van der Waals surface area contributed by atoms with Gasteiger partial charge in [-0.2, -0.15) is 4.31 Å². The minimum absolute atomic E-state index is 0.0231. The highest BCUT2D eigenvalue weighted by molar-refractivity contribution is 7.91. The topological polar surface area (TPSA) is 63.4 Å². The second-order valence-corrected chi connectivity index (χ2v) is 7.35. The Morgan fingerprint density at radius 3 is 2.53 bits per heavy atom. The zero-order valence-corrected chi connectivity index (χ0v) is 12.1. The molecule has 0 saturated carbocycles. The SMILES string of the molecule is CCN(C(C)C)S(=O)(=O)c1ccc(CCN)s1. The van der Waals surface area contributed by atoms with Crippen LogP contribution in [0.2, 0.25) is 0 Å². The predicted molar refractivity (Wildman–Crippen MR) is 71.8 cm³/mol. The molecular weight excluding hydrogens is 256 g/mol. The maximum Gasteiger partial charge on any atom is 0.252 e. The van der Waals surface area contributed by atoms with Gasteiger partial charge >= 0.3 is 0 Å². The van der Waals surface area contributed by atoms with Crippen LogP contribution in [0.25, 0.3) is 0 Å². The lowest BCUT2D eigenvalue weighted by Gasteiger charge is -2.23. The molecule has 0 aliphatic carbocycles. The summed E-state index contributed by atoms with van der Waals surface area (Å²) in [5.74, 6) is 0. The van der Waals surface area contributed by atoms with Crippen LogP contribution in [0, 0.1) is 0 Å². The molecule has 0 atom stereocenters. The molecule has 1 aromatic rings. The number of hydrogen-bond donors (Lipinski definition) is 1. The fraction of sp³-hybridized carbons (Fsp3) is 0.636. The molecule has 0 amide bonds. The van der Waals surface area contributed by atoms with Gasteiger partial charge in [0.2, 0.25) is 0 Å². The van der Waals surface area contributed by atoms with Crippen LogP contribution in [0.1, 0.15) is 25.6 Å². The first-order valence-corrected chi connectivity index (χ1v) is 7.99. The molecular formula is C11H20N2O2S2. The molecule has 2 N–H and O–H groups in total. The van der Waals surface area contributed by atoms with Crippen molar-refractivity contribution in [2.24, 2.45) is 5.73 Å². The number of nitrogens with two attached hydrogens (primary N) is 1. The highest BCUT2D eigenvalue weighted by atomic mass is 32.2. The van der Waals surface area contributed by atoms with Gasteiger partial charge in [0, 0.05) is 17.5 Å². The first-order chi connectivity index (χ1) is 7.93. The van der Waals surface area contributed by atoms with Crippen molar-refractivity contribution >= 4 is 21.4 Å². The number of nitrogens with zero attached hydrogens (tertiary/aromatic N) is 1. The van der Waals surface area contributed by atoms with E-state index >= 15 is 0 Å². The van der Waals surface area contributed by atoms with Crippen molar-refractivity contribution in [3.8, 4) is 0 Å². The van der Waals surface area contributed by atoms with Gasteiger partial charge in [0.1, 0.15) is 4.21 Å². The molecule has 0 aliphatic rings. The second-order valence-electron chi connectivity index (χ2n) is 4.06. The molecule has 1 heterocycles. The van der Waals surface area contributed by atoms with Gasteiger partial charge < -0.3 is 5.73 Å². The molecule has 0 radical (unpaired) electrons. The Bertz CT molecular complexity index is 452. The molecule has 0 aromatic carbocycles. The second kappa shape index (κ2) is 5.95. The molecule has 6 heteroatoms. The minimum Gasteiger partial charge on any atom is -0.330 e. The van der Waals surface area contributed by atoms with E-state index < -0.39 is 10.0 Å². The van der Waals surface area contributed by atoms with Gasteiger partial charge in [0.05, 0.1) is 0 Å². The van der Waals surface area contributed by atoms with Crippen molar-refractivity contribution in [1.29, 1.82) is 0 Å². The summed E-state index contributed by atoms with van der Waals surface area (Å²) >= 11 is 1.32. The number of thiophene rings is 1. The first-order valence-electron chi connectivity index (χ1n) is 5.74. The summed E-state index contributed by atoms with van der Waals surface area (Å²) in [7, 11) is -3.34. The van der Waals surface area contributed by atoms with E-state index in [4.69, 9.17) is 5.73 Å². The minimum atomic E-state index is -3.34. The van der Waals surface area contributed by atoms with E-state index in [9.17, 15) is 8.42 Å². The van der Waals surface area contributed by atoms with Crippen molar-refractivity contribution < 1.29 is 8.42 Å². The summed E-state index contributed by atoms with van der Waals surface area (Å²) in [5, 5.41) is 0. The maximum atomic E-state index is 12.3. The zero-order chi connectivity index (χ0) is 13.1. The van der Waals surface area contributed by atoms with E-state index in [2.05, 4.69) is 0 Å². The fourth-order valence-corrected chi connectivity index (χ4v) is 4.85. The Morgan fingerprint density at radius 1 is 1.41 bits per heavy atom. The Balaban J connectivity index is 3.03. The van der Waals surface area contributed by atoms with Crippen LogP contribution >= 0.6 is 11.3 Å². The summed E-state index contributed by atoms with van der Waals surface area (Å²) in [6, 6.07) is 3.50. The Kier molecular flexibility index (Phi) is 5.12. The standard InChI is InChI=1S/C11H20N2O2S2/c1-4-13(9(2)3)17(14,15)11-6-5-10(16-11)7-8-12/h5-6,9H,4,7-8,12H2,1-3H3. The predicted octanol–water partition coefficient (Wildman–Crippen LogP) is 1.67. The Morgan fingerprint density at radius 2 is 2.06 bits per heavy atom. The summed E-state index contributed by atoms with van der Waals surface area (Å²) in [6.07, 6.45) is 0.730. The summed E-state index contributed by atoms with van der Waals surface area (Å²) in [6.45, 7) is 6.66. The molecule has 4 nitrogen and oxygen atoms in total. The van der Waals surface area contributed by atoms with Gasteiger partial charge in [0.15, 0.2) is 0 Å². The number of sulfonamides is 1. The van der Waals surface area contributed by atoms with Crippen LogP contribution < -0.4 is 5.73 Å². The molecule has 98 valence electrons. The number of hydrogen-bond acceptors (Lipinski definition) is 4. The summed E-state index contributed by atoms with van der Waals surface area (Å²) < 4.78 is 26.6. The average Bonchev–Trinajstić information content (AvgIpc) is 2.67. The molecule has 0 fully saturated rings. The van der Waals surface area contributed by atoms with Crippen LogP contribution in [0.4, 0.5) is 0 Å². The molecule has 1 aromatic heterocycles. The zero-order valence-electron chi connectivity index (χ0n) is 10.5. The molecule has 0 bridgehead atoms. The normalized spacial score (nSPS) is 12.6. The third-order valence-electron chi connectivity index (χ3n) is 2.48. The first kappa shape index (κ1) is 14.6. The van der Waals surface area contributed by atoms with E-state index in [1.54, 1.807) is 6.07 Å². The van der Waals surface area contributed by atoms with Crippen LogP contribution in [-0.4, -0.2) is 31.9 Å². The fourth-order valence-electron chi connectivity index (χ4n) is 1.70. The van der Waals surface area contributed by atoms with E-state index in [0.717, 1.165) is 11.3 Å². The lowest BCUT2D eigenvalue weighted by Crippen LogP contribution is -2.36. The average molecular weight is 276 g/mol. The third-order valence-corrected chi connectivity index (χ3v) is 6.24. The van der Waals surface area contributed by atoms with Crippen LogP contribution in [0.5, 0.6) is 0 Å². The quantitative estimate of drug-likeness (QED) is 0.859. The van der Waals surface area contributed by atoms with E-state index in [0.29, 0.717) is 17.3 Å². The Labute approximate surface area is 107 Å². The van der Waals surface area contributed by atoms with Gasteiger partial charge in [-0.3, -0.25) is 0 Å². The maximum absolute atomic E-state index is 12.3. The largest absolute Gasteiger partial charge is 0.330 e. The lowest BCUT2D eigenvalue weighted by atomic mass is 10.3. The molecule has 17 heavy (non-hydrogen) atoms. The Hall–Kier alpha value is -0.430. The summed E-state index contributed by atoms with van der Waals surface area (Å²) in [5.41, 5.74) is 5.46. The van der Waals surface area contributed by atoms with Crippen LogP contribution in [0.3, 0.4) is 0 Å². The van der Waals surface area contributed by atoms with Crippen molar-refractivity contribution in [2.75, 3.05) is 13.1 Å².